The van der Waals surface area contributed by atoms with Gasteiger partial charge in [0.05, 0.1) is 17.9 Å². The van der Waals surface area contributed by atoms with Crippen LogP contribution in [0.1, 0.15) is 51.0 Å². The molecule has 2 aromatic carbocycles. The first-order valence-electron chi connectivity index (χ1n) is 10.7. The normalized spacial score (nSPS) is 16.4. The minimum Gasteiger partial charge on any atom is -0.489 e. The highest BCUT2D eigenvalue weighted by atomic mass is 16.6. The summed E-state index contributed by atoms with van der Waals surface area (Å²) in [5.74, 6) is 1.61. The first-order chi connectivity index (χ1) is 14.9. The molecule has 1 N–H and O–H groups in total. The Morgan fingerprint density at radius 3 is 2.58 bits per heavy atom. The molecule has 1 fully saturated rings. The number of nitrogens with one attached hydrogen (secondary N) is 1. The van der Waals surface area contributed by atoms with Gasteiger partial charge in [0, 0.05) is 6.54 Å². The van der Waals surface area contributed by atoms with Crippen molar-refractivity contribution in [1.29, 1.82) is 0 Å². The average Bonchev–Trinajstić information content (AvgIpc) is 3.42. The topological polar surface area (TPSA) is 67.4 Å². The number of nitrogens with zero attached hydrogens (tertiary/aromatic N) is 2. The summed E-state index contributed by atoms with van der Waals surface area (Å²) in [6, 6.07) is 18.0. The number of likely N-dealkylation sites (tertiary alicyclic amines) is 1. The second kappa shape index (κ2) is 8.84. The molecule has 31 heavy (non-hydrogen) atoms. The fourth-order valence-electron chi connectivity index (χ4n) is 3.71. The van der Waals surface area contributed by atoms with E-state index in [0.29, 0.717) is 13.2 Å². The highest BCUT2D eigenvalue weighted by molar-refractivity contribution is 5.69. The van der Waals surface area contributed by atoms with Crippen LogP contribution in [-0.4, -0.2) is 33.1 Å². The molecule has 1 saturated heterocycles. The Labute approximate surface area is 183 Å². The number of aromatic nitrogens is 2. The van der Waals surface area contributed by atoms with Crippen molar-refractivity contribution >= 4 is 6.09 Å². The SMILES string of the molecule is CC(C)(C)OC(=O)N1CCC[C@H]1c1ncc(-c2ccc(OCc3ccccc3)cc2)[nH]1. The van der Waals surface area contributed by atoms with E-state index in [4.69, 9.17) is 9.47 Å². The second-order valence-electron chi connectivity index (χ2n) is 8.81. The minimum atomic E-state index is -0.511. The van der Waals surface area contributed by atoms with Crippen LogP contribution in [0.2, 0.25) is 0 Å². The Morgan fingerprint density at radius 2 is 1.87 bits per heavy atom. The van der Waals surface area contributed by atoms with Crippen molar-refractivity contribution in [3.8, 4) is 17.0 Å². The van der Waals surface area contributed by atoms with Crippen molar-refractivity contribution in [2.45, 2.75) is 51.9 Å². The fraction of sp³-hybridized carbons (Fsp3) is 0.360. The molecule has 2 heterocycles. The molecule has 0 bridgehead atoms. The van der Waals surface area contributed by atoms with Crippen molar-refractivity contribution in [3.63, 3.8) is 0 Å². The smallest absolute Gasteiger partial charge is 0.410 e. The first-order valence-corrected chi connectivity index (χ1v) is 10.7. The molecule has 0 aliphatic carbocycles. The summed E-state index contributed by atoms with van der Waals surface area (Å²) in [7, 11) is 0. The molecule has 6 nitrogen and oxygen atoms in total. The molecule has 0 spiro atoms. The van der Waals surface area contributed by atoms with E-state index in [2.05, 4.69) is 9.97 Å². The zero-order valence-corrected chi connectivity index (χ0v) is 18.3. The number of ether oxygens (including phenoxy) is 2. The highest BCUT2D eigenvalue weighted by Gasteiger charge is 2.34. The summed E-state index contributed by atoms with van der Waals surface area (Å²) in [6.45, 7) is 6.87. The number of aromatic amines is 1. The summed E-state index contributed by atoms with van der Waals surface area (Å²) in [5, 5.41) is 0. The molecule has 1 aliphatic rings. The number of carbonyl (C=O) groups is 1. The third kappa shape index (κ3) is 5.26. The predicted molar refractivity (Wildman–Crippen MR) is 120 cm³/mol. The fourth-order valence-corrected chi connectivity index (χ4v) is 3.71. The number of hydrogen-bond donors (Lipinski definition) is 1. The third-order valence-corrected chi connectivity index (χ3v) is 5.21. The van der Waals surface area contributed by atoms with E-state index in [1.807, 2.05) is 81.6 Å². The van der Waals surface area contributed by atoms with Gasteiger partial charge in [-0.3, -0.25) is 4.90 Å². The Kier molecular flexibility index (Phi) is 5.98. The lowest BCUT2D eigenvalue weighted by Gasteiger charge is -2.27. The molecule has 1 aromatic heterocycles. The number of carbonyl (C=O) groups excluding carboxylic acids is 1. The van der Waals surface area contributed by atoms with Gasteiger partial charge in [0.15, 0.2) is 0 Å². The highest BCUT2D eigenvalue weighted by Crippen LogP contribution is 2.33. The van der Waals surface area contributed by atoms with Gasteiger partial charge in [-0.15, -0.1) is 0 Å². The van der Waals surface area contributed by atoms with Gasteiger partial charge >= 0.3 is 6.09 Å². The number of hydrogen-bond acceptors (Lipinski definition) is 4. The van der Waals surface area contributed by atoms with Crippen molar-refractivity contribution in [3.05, 3.63) is 72.2 Å². The van der Waals surface area contributed by atoms with Crippen molar-refractivity contribution in [2.24, 2.45) is 0 Å². The van der Waals surface area contributed by atoms with Crippen LogP contribution in [0.3, 0.4) is 0 Å². The van der Waals surface area contributed by atoms with Gasteiger partial charge in [0.2, 0.25) is 0 Å². The molecule has 162 valence electrons. The van der Waals surface area contributed by atoms with Gasteiger partial charge in [0.25, 0.3) is 0 Å². The molecule has 3 aromatic rings. The number of amides is 1. The lowest BCUT2D eigenvalue weighted by Crippen LogP contribution is -2.36. The zero-order valence-electron chi connectivity index (χ0n) is 18.3. The predicted octanol–water partition coefficient (Wildman–Crippen LogP) is 5.73. The van der Waals surface area contributed by atoms with Crippen molar-refractivity contribution in [2.75, 3.05) is 6.54 Å². The van der Waals surface area contributed by atoms with Crippen LogP contribution in [0.15, 0.2) is 60.8 Å². The molecular formula is C25H29N3O3. The van der Waals surface area contributed by atoms with Gasteiger partial charge in [-0.2, -0.15) is 0 Å². The zero-order chi connectivity index (χ0) is 21.8. The minimum absolute atomic E-state index is 0.0860. The summed E-state index contributed by atoms with van der Waals surface area (Å²) < 4.78 is 11.4. The number of imidazole rings is 1. The van der Waals surface area contributed by atoms with E-state index in [9.17, 15) is 4.79 Å². The Morgan fingerprint density at radius 1 is 1.13 bits per heavy atom. The van der Waals surface area contributed by atoms with Crippen LogP contribution in [0.25, 0.3) is 11.3 Å². The Bertz CT molecular complexity index is 1010. The number of rotatable bonds is 5. The quantitative estimate of drug-likeness (QED) is 0.574. The van der Waals surface area contributed by atoms with Crippen LogP contribution >= 0.6 is 0 Å². The van der Waals surface area contributed by atoms with E-state index in [1.165, 1.54) is 0 Å². The summed E-state index contributed by atoms with van der Waals surface area (Å²) in [5.41, 5.74) is 2.56. The van der Waals surface area contributed by atoms with Crippen LogP contribution < -0.4 is 4.74 Å². The van der Waals surface area contributed by atoms with Crippen LogP contribution in [0.4, 0.5) is 4.79 Å². The Balaban J connectivity index is 1.41. The molecule has 0 radical (unpaired) electrons. The van der Waals surface area contributed by atoms with Gasteiger partial charge in [-0.1, -0.05) is 30.3 Å². The summed E-state index contributed by atoms with van der Waals surface area (Å²) in [4.78, 5) is 22.3. The standard InChI is InChI=1S/C25H29N3O3/c1-25(2,3)31-24(29)28-15-7-10-22(28)23-26-16-21(27-23)19-11-13-20(14-12-19)30-17-18-8-5-4-6-9-18/h4-6,8-9,11-14,16,22H,7,10,15,17H2,1-3H3,(H,26,27)/t22-/m0/s1. The number of benzene rings is 2. The van der Waals surface area contributed by atoms with E-state index in [0.717, 1.165) is 41.2 Å². The van der Waals surface area contributed by atoms with E-state index >= 15 is 0 Å². The van der Waals surface area contributed by atoms with Crippen molar-refractivity contribution in [1.82, 2.24) is 14.9 Å². The molecule has 0 unspecified atom stereocenters. The van der Waals surface area contributed by atoms with Gasteiger partial charge in [-0.05, 0) is 69.0 Å². The lowest BCUT2D eigenvalue weighted by atomic mass is 10.1. The van der Waals surface area contributed by atoms with Crippen LogP contribution in [0, 0.1) is 0 Å². The molecule has 6 heteroatoms. The summed E-state index contributed by atoms with van der Waals surface area (Å²) >= 11 is 0. The maximum atomic E-state index is 12.6. The monoisotopic (exact) mass is 419 g/mol. The molecule has 1 atom stereocenters. The second-order valence-corrected chi connectivity index (χ2v) is 8.81. The van der Waals surface area contributed by atoms with Gasteiger partial charge in [-0.25, -0.2) is 9.78 Å². The first kappa shape index (κ1) is 21.0. The van der Waals surface area contributed by atoms with E-state index < -0.39 is 5.60 Å². The van der Waals surface area contributed by atoms with Gasteiger partial charge in [0.1, 0.15) is 23.8 Å². The Hall–Kier alpha value is -3.28. The van der Waals surface area contributed by atoms with Crippen LogP contribution in [-0.2, 0) is 11.3 Å². The maximum absolute atomic E-state index is 12.6. The molecule has 1 amide bonds. The largest absolute Gasteiger partial charge is 0.489 e. The number of H-pyrrole nitrogens is 1. The van der Waals surface area contributed by atoms with E-state index in [-0.39, 0.29) is 12.1 Å². The summed E-state index contributed by atoms with van der Waals surface area (Å²) in [6.07, 6.45) is 3.35. The van der Waals surface area contributed by atoms with E-state index in [1.54, 1.807) is 4.90 Å². The molecule has 4 rings (SSSR count). The average molecular weight is 420 g/mol. The molecule has 1 aliphatic heterocycles. The van der Waals surface area contributed by atoms with Crippen molar-refractivity contribution < 1.29 is 14.3 Å². The van der Waals surface area contributed by atoms with Gasteiger partial charge < -0.3 is 14.5 Å². The molecular weight excluding hydrogens is 390 g/mol. The van der Waals surface area contributed by atoms with Crippen LogP contribution in [0.5, 0.6) is 5.75 Å². The molecule has 0 saturated carbocycles. The third-order valence-electron chi connectivity index (χ3n) is 5.21. The maximum Gasteiger partial charge on any atom is 0.410 e. The lowest BCUT2D eigenvalue weighted by molar-refractivity contribution is 0.0218.